The molecule has 1 fully saturated rings. The van der Waals surface area contributed by atoms with Gasteiger partial charge in [-0.2, -0.15) is 5.10 Å². The van der Waals surface area contributed by atoms with Gasteiger partial charge < -0.3 is 4.74 Å². The Morgan fingerprint density at radius 2 is 2.17 bits per heavy atom. The maximum Gasteiger partial charge on any atom is 0.277 e. The van der Waals surface area contributed by atoms with Gasteiger partial charge in [0.1, 0.15) is 5.75 Å². The second-order valence-electron chi connectivity index (χ2n) is 6.30. The molecule has 0 saturated heterocycles. The van der Waals surface area contributed by atoms with E-state index in [1.54, 1.807) is 0 Å². The molecule has 1 N–H and O–H groups in total. The molecule has 1 aliphatic carbocycles. The minimum absolute atomic E-state index is 0.0523. The Bertz CT molecular complexity index is 773. The van der Waals surface area contributed by atoms with Gasteiger partial charge in [-0.05, 0) is 64.4 Å². The second-order valence-corrected chi connectivity index (χ2v) is 7.10. The van der Waals surface area contributed by atoms with Crippen molar-refractivity contribution in [1.29, 1.82) is 0 Å². The number of hydrazone groups is 1. The Kier molecular flexibility index (Phi) is 5.51. The quantitative estimate of drug-likeness (QED) is 0.773. The van der Waals surface area contributed by atoms with E-state index in [0.717, 1.165) is 40.2 Å². The van der Waals surface area contributed by atoms with Crippen molar-refractivity contribution in [3.8, 4) is 5.75 Å². The normalized spacial score (nSPS) is 19.4. The summed E-state index contributed by atoms with van der Waals surface area (Å²) in [6.45, 7) is 2.17. The van der Waals surface area contributed by atoms with Crippen LogP contribution in [0, 0.1) is 5.92 Å². The monoisotopic (exact) mass is 388 g/mol. The number of ether oxygens (including phenoxy) is 1. The number of fused-ring (bicyclic) bond motifs is 1. The summed E-state index contributed by atoms with van der Waals surface area (Å²) in [7, 11) is 0. The van der Waals surface area contributed by atoms with Crippen LogP contribution in [0.3, 0.4) is 0 Å². The van der Waals surface area contributed by atoms with Crippen LogP contribution in [0.1, 0.15) is 32.6 Å². The van der Waals surface area contributed by atoms with Gasteiger partial charge in [-0.25, -0.2) is 5.43 Å². The largest absolute Gasteiger partial charge is 0.483 e. The third kappa shape index (κ3) is 4.15. The number of benzene rings is 2. The molecule has 1 amide bonds. The number of nitrogens with zero attached hydrogens (tertiary/aromatic N) is 1. The van der Waals surface area contributed by atoms with Crippen molar-refractivity contribution >= 4 is 38.3 Å². The Balaban J connectivity index is 1.58. The van der Waals surface area contributed by atoms with Crippen LogP contribution in [0.25, 0.3) is 10.8 Å². The first-order valence-corrected chi connectivity index (χ1v) is 9.07. The molecule has 2 aromatic carbocycles. The number of carbonyl (C=O) groups is 1. The number of carbonyl (C=O) groups excluding carboxylic acids is 1. The molecule has 0 bridgehead atoms. The van der Waals surface area contributed by atoms with Crippen LogP contribution in [0.5, 0.6) is 5.75 Å². The number of nitrogens with one attached hydrogen (secondary N) is 1. The highest BCUT2D eigenvalue weighted by Gasteiger charge is 2.14. The average molecular weight is 389 g/mol. The molecule has 1 unspecified atom stereocenters. The van der Waals surface area contributed by atoms with E-state index in [1.165, 1.54) is 6.42 Å². The summed E-state index contributed by atoms with van der Waals surface area (Å²) in [6.07, 6.45) is 4.33. The van der Waals surface area contributed by atoms with Crippen molar-refractivity contribution in [1.82, 2.24) is 5.43 Å². The Labute approximate surface area is 150 Å². The summed E-state index contributed by atoms with van der Waals surface area (Å²) < 4.78 is 6.50. The molecule has 0 radical (unpaired) electrons. The summed E-state index contributed by atoms with van der Waals surface area (Å²) in [6, 6.07) is 11.9. The highest BCUT2D eigenvalue weighted by Crippen LogP contribution is 2.32. The van der Waals surface area contributed by atoms with Gasteiger partial charge in [0.2, 0.25) is 0 Å². The third-order valence-corrected chi connectivity index (χ3v) is 5.09. The minimum Gasteiger partial charge on any atom is -0.483 e. The fraction of sp³-hybridized carbons (Fsp3) is 0.368. The van der Waals surface area contributed by atoms with Crippen LogP contribution in [0.4, 0.5) is 0 Å². The maximum atomic E-state index is 12.0. The first kappa shape index (κ1) is 17.0. The molecule has 0 aliphatic heterocycles. The van der Waals surface area contributed by atoms with E-state index in [9.17, 15) is 4.79 Å². The summed E-state index contributed by atoms with van der Waals surface area (Å²) >= 11 is 3.56. The smallest absolute Gasteiger partial charge is 0.277 e. The molecular formula is C19H21BrN2O2. The van der Waals surface area contributed by atoms with Gasteiger partial charge in [0, 0.05) is 5.71 Å². The van der Waals surface area contributed by atoms with E-state index in [2.05, 4.69) is 33.4 Å². The maximum absolute atomic E-state index is 12.0. The van der Waals surface area contributed by atoms with Crippen molar-refractivity contribution in [3.05, 3.63) is 40.9 Å². The minimum atomic E-state index is -0.235. The lowest BCUT2D eigenvalue weighted by Gasteiger charge is -2.19. The van der Waals surface area contributed by atoms with Crippen molar-refractivity contribution in [2.75, 3.05) is 6.61 Å². The topological polar surface area (TPSA) is 50.7 Å². The molecule has 1 atom stereocenters. The Morgan fingerprint density at radius 1 is 1.33 bits per heavy atom. The number of hydrogen-bond acceptors (Lipinski definition) is 3. The first-order valence-electron chi connectivity index (χ1n) is 8.28. The van der Waals surface area contributed by atoms with Gasteiger partial charge in [-0.3, -0.25) is 4.79 Å². The Morgan fingerprint density at radius 3 is 3.00 bits per heavy atom. The van der Waals surface area contributed by atoms with Crippen LogP contribution in [-0.4, -0.2) is 18.2 Å². The summed E-state index contributed by atoms with van der Waals surface area (Å²) in [5.41, 5.74) is 3.69. The van der Waals surface area contributed by atoms with E-state index in [1.807, 2.05) is 36.4 Å². The van der Waals surface area contributed by atoms with Gasteiger partial charge in [0.25, 0.3) is 5.91 Å². The predicted molar refractivity (Wildman–Crippen MR) is 100 cm³/mol. The van der Waals surface area contributed by atoms with Crippen molar-refractivity contribution in [2.24, 2.45) is 11.0 Å². The number of halogens is 1. The fourth-order valence-electron chi connectivity index (χ4n) is 3.00. The molecule has 5 heteroatoms. The summed E-state index contributed by atoms with van der Waals surface area (Å²) in [5, 5.41) is 6.43. The van der Waals surface area contributed by atoms with E-state index >= 15 is 0 Å². The first-order chi connectivity index (χ1) is 11.6. The zero-order valence-corrected chi connectivity index (χ0v) is 15.3. The molecule has 0 aromatic heterocycles. The molecule has 4 nitrogen and oxygen atoms in total. The van der Waals surface area contributed by atoms with Gasteiger partial charge >= 0.3 is 0 Å². The average Bonchev–Trinajstić information content (AvgIpc) is 2.60. The molecule has 24 heavy (non-hydrogen) atoms. The molecule has 0 spiro atoms. The van der Waals surface area contributed by atoms with E-state index in [-0.39, 0.29) is 12.5 Å². The zero-order valence-electron chi connectivity index (χ0n) is 13.7. The number of rotatable bonds is 4. The molecule has 1 saturated carbocycles. The zero-order chi connectivity index (χ0) is 16.9. The van der Waals surface area contributed by atoms with E-state index in [0.29, 0.717) is 11.7 Å². The van der Waals surface area contributed by atoms with Crippen LogP contribution >= 0.6 is 15.9 Å². The van der Waals surface area contributed by atoms with Gasteiger partial charge in [0.05, 0.1) is 4.47 Å². The van der Waals surface area contributed by atoms with E-state index < -0.39 is 0 Å². The lowest BCUT2D eigenvalue weighted by atomic mass is 9.89. The summed E-state index contributed by atoms with van der Waals surface area (Å²) in [5.74, 6) is 1.07. The van der Waals surface area contributed by atoms with E-state index in [4.69, 9.17) is 4.74 Å². The highest BCUT2D eigenvalue weighted by molar-refractivity contribution is 9.10. The summed E-state index contributed by atoms with van der Waals surface area (Å²) in [4.78, 5) is 12.0. The van der Waals surface area contributed by atoms with Crippen LogP contribution < -0.4 is 10.2 Å². The predicted octanol–water partition coefficient (Wildman–Crippen LogP) is 4.66. The molecular weight excluding hydrogens is 368 g/mol. The van der Waals surface area contributed by atoms with Gasteiger partial charge in [-0.15, -0.1) is 0 Å². The van der Waals surface area contributed by atoms with Gasteiger partial charge in [-0.1, -0.05) is 37.3 Å². The third-order valence-electron chi connectivity index (χ3n) is 4.27. The molecule has 2 aromatic rings. The standard InChI is InChI=1S/C19H21BrN2O2/c1-13-5-4-7-15(11-13)21-22-18(23)12-24-17-10-9-14-6-2-3-8-16(14)19(17)20/h2-3,6,8-10,13H,4-5,7,11-12H2,1H3,(H,22,23). The van der Waals surface area contributed by atoms with Crippen molar-refractivity contribution in [3.63, 3.8) is 0 Å². The molecule has 3 rings (SSSR count). The van der Waals surface area contributed by atoms with Gasteiger partial charge in [0.15, 0.2) is 6.61 Å². The molecule has 0 heterocycles. The van der Waals surface area contributed by atoms with Crippen LogP contribution in [-0.2, 0) is 4.79 Å². The number of amides is 1. The number of hydrogen-bond donors (Lipinski definition) is 1. The SMILES string of the molecule is CC1CCCC(=NNC(=O)COc2ccc3ccccc3c2Br)C1. The molecule has 1 aliphatic rings. The lowest BCUT2D eigenvalue weighted by Crippen LogP contribution is -2.27. The van der Waals surface area contributed by atoms with Crippen molar-refractivity contribution < 1.29 is 9.53 Å². The lowest BCUT2D eigenvalue weighted by molar-refractivity contribution is -0.123. The molecule has 126 valence electrons. The fourth-order valence-corrected chi connectivity index (χ4v) is 3.61. The highest BCUT2D eigenvalue weighted by atomic mass is 79.9. The van der Waals surface area contributed by atoms with Crippen LogP contribution in [0.2, 0.25) is 0 Å². The van der Waals surface area contributed by atoms with Crippen LogP contribution in [0.15, 0.2) is 46.0 Å². The second kappa shape index (κ2) is 7.79. The Hall–Kier alpha value is -1.88. The van der Waals surface area contributed by atoms with Crippen molar-refractivity contribution in [2.45, 2.75) is 32.6 Å².